The highest BCUT2D eigenvalue weighted by atomic mass is 32.2. The van der Waals surface area contributed by atoms with Crippen LogP contribution in [-0.2, 0) is 4.79 Å². The number of aromatic nitrogens is 2. The van der Waals surface area contributed by atoms with Gasteiger partial charge < -0.3 is 15.2 Å². The molecule has 2 aliphatic rings. The lowest BCUT2D eigenvalue weighted by Crippen LogP contribution is -2.45. The second kappa shape index (κ2) is 7.80. The highest BCUT2D eigenvalue weighted by molar-refractivity contribution is 7.99. The minimum absolute atomic E-state index is 0.0552. The first-order valence-corrected chi connectivity index (χ1v) is 10.1. The standard InChI is InChI=1S/C19H23FN4OS/c20-14-3-1-13(2-4-14)17-11-21-19(23-17)26-12-18(25)22-15-7-9-24(10-8-15)16-5-6-16/h1-4,11,15-16H,5-10,12H2,(H,21,23)(H,22,25). The van der Waals surface area contributed by atoms with Crippen LogP contribution in [0.3, 0.4) is 0 Å². The summed E-state index contributed by atoms with van der Waals surface area (Å²) in [6.07, 6.45) is 6.49. The van der Waals surface area contributed by atoms with Gasteiger partial charge >= 0.3 is 0 Å². The Balaban J connectivity index is 1.22. The molecule has 2 heterocycles. The number of H-pyrrole nitrogens is 1. The Morgan fingerprint density at radius 3 is 2.65 bits per heavy atom. The number of benzene rings is 1. The number of nitrogens with one attached hydrogen (secondary N) is 2. The third-order valence-electron chi connectivity index (χ3n) is 5.01. The molecule has 2 aromatic rings. The van der Waals surface area contributed by atoms with Crippen molar-refractivity contribution in [2.75, 3.05) is 18.8 Å². The first-order chi connectivity index (χ1) is 12.7. The molecule has 0 unspecified atom stereocenters. The molecule has 5 nitrogen and oxygen atoms in total. The van der Waals surface area contributed by atoms with Crippen LogP contribution in [0.5, 0.6) is 0 Å². The van der Waals surface area contributed by atoms with Crippen LogP contribution < -0.4 is 5.32 Å². The molecule has 0 radical (unpaired) electrons. The fourth-order valence-corrected chi connectivity index (χ4v) is 4.06. The second-order valence-corrected chi connectivity index (χ2v) is 7.97. The predicted octanol–water partition coefficient (Wildman–Crippen LogP) is 3.05. The Hall–Kier alpha value is -1.86. The number of thioether (sulfide) groups is 1. The SMILES string of the molecule is O=C(CSc1ncc(-c2ccc(F)cc2)[nH]1)NC1CCN(C2CC2)CC1. The number of amides is 1. The molecule has 138 valence electrons. The predicted molar refractivity (Wildman–Crippen MR) is 100 cm³/mol. The summed E-state index contributed by atoms with van der Waals surface area (Å²) in [6, 6.07) is 7.37. The van der Waals surface area contributed by atoms with Crippen LogP contribution in [0.25, 0.3) is 11.3 Å². The lowest BCUT2D eigenvalue weighted by atomic mass is 10.1. The summed E-state index contributed by atoms with van der Waals surface area (Å²) < 4.78 is 13.0. The number of halogens is 1. The molecule has 1 saturated carbocycles. The van der Waals surface area contributed by atoms with Crippen molar-refractivity contribution < 1.29 is 9.18 Å². The average molecular weight is 374 g/mol. The number of piperidine rings is 1. The summed E-state index contributed by atoms with van der Waals surface area (Å²) in [5.74, 6) is 0.140. The molecule has 1 saturated heterocycles. The summed E-state index contributed by atoms with van der Waals surface area (Å²) in [7, 11) is 0. The maximum absolute atomic E-state index is 13.0. The zero-order valence-electron chi connectivity index (χ0n) is 14.6. The molecule has 0 spiro atoms. The summed E-state index contributed by atoms with van der Waals surface area (Å²) in [6.45, 7) is 2.20. The van der Waals surface area contributed by atoms with Crippen molar-refractivity contribution in [1.29, 1.82) is 0 Å². The van der Waals surface area contributed by atoms with E-state index >= 15 is 0 Å². The van der Waals surface area contributed by atoms with E-state index in [1.807, 2.05) is 0 Å². The van der Waals surface area contributed by atoms with Gasteiger partial charge in [0.25, 0.3) is 0 Å². The van der Waals surface area contributed by atoms with E-state index in [-0.39, 0.29) is 11.7 Å². The normalized spacial score (nSPS) is 18.8. The Morgan fingerprint density at radius 2 is 1.96 bits per heavy atom. The minimum atomic E-state index is -0.262. The fraction of sp³-hybridized carbons (Fsp3) is 0.474. The highest BCUT2D eigenvalue weighted by Crippen LogP contribution is 2.29. The molecule has 7 heteroatoms. The quantitative estimate of drug-likeness (QED) is 0.763. The Bertz CT molecular complexity index is 751. The largest absolute Gasteiger partial charge is 0.353 e. The van der Waals surface area contributed by atoms with Gasteiger partial charge in [0.15, 0.2) is 5.16 Å². The van der Waals surface area contributed by atoms with Gasteiger partial charge in [-0.1, -0.05) is 11.8 Å². The van der Waals surface area contributed by atoms with Crippen LogP contribution in [0.1, 0.15) is 25.7 Å². The molecule has 0 bridgehead atoms. The average Bonchev–Trinajstić information content (AvgIpc) is 3.39. The van der Waals surface area contributed by atoms with Gasteiger partial charge in [-0.2, -0.15) is 0 Å². The summed E-state index contributed by atoms with van der Waals surface area (Å²) >= 11 is 1.39. The molecule has 1 aliphatic heterocycles. The summed E-state index contributed by atoms with van der Waals surface area (Å²) in [5, 5.41) is 3.84. The monoisotopic (exact) mass is 374 g/mol. The van der Waals surface area contributed by atoms with E-state index in [4.69, 9.17) is 0 Å². The third kappa shape index (κ3) is 4.45. The van der Waals surface area contributed by atoms with Crippen LogP contribution in [0.2, 0.25) is 0 Å². The number of aromatic amines is 1. The molecule has 1 aromatic carbocycles. The number of nitrogens with zero attached hydrogens (tertiary/aromatic N) is 2. The van der Waals surface area contributed by atoms with Gasteiger partial charge in [-0.25, -0.2) is 9.37 Å². The van der Waals surface area contributed by atoms with Crippen LogP contribution in [0.15, 0.2) is 35.6 Å². The first-order valence-electron chi connectivity index (χ1n) is 9.14. The second-order valence-electron chi connectivity index (χ2n) is 7.01. The van der Waals surface area contributed by atoms with Crippen molar-refractivity contribution in [1.82, 2.24) is 20.2 Å². The van der Waals surface area contributed by atoms with Crippen LogP contribution >= 0.6 is 11.8 Å². The van der Waals surface area contributed by atoms with E-state index in [1.54, 1.807) is 18.3 Å². The molecule has 1 aliphatic carbocycles. The molecule has 2 fully saturated rings. The number of carbonyl (C=O) groups is 1. The summed E-state index contributed by atoms with van der Waals surface area (Å²) in [4.78, 5) is 22.2. The zero-order chi connectivity index (χ0) is 17.9. The highest BCUT2D eigenvalue weighted by Gasteiger charge is 2.32. The van der Waals surface area contributed by atoms with Crippen LogP contribution in [-0.4, -0.2) is 51.7 Å². The van der Waals surface area contributed by atoms with Crippen LogP contribution in [0.4, 0.5) is 4.39 Å². The Labute approximate surface area is 156 Å². The first kappa shape index (κ1) is 17.5. The molecule has 1 amide bonds. The van der Waals surface area contributed by atoms with Gasteiger partial charge in [0.1, 0.15) is 5.82 Å². The number of carbonyl (C=O) groups excluding carboxylic acids is 1. The lowest BCUT2D eigenvalue weighted by Gasteiger charge is -2.32. The molecule has 2 N–H and O–H groups in total. The lowest BCUT2D eigenvalue weighted by molar-refractivity contribution is -0.119. The number of rotatable bonds is 6. The van der Waals surface area contributed by atoms with E-state index in [1.165, 1.54) is 36.7 Å². The molecular formula is C19H23FN4OS. The van der Waals surface area contributed by atoms with Crippen molar-refractivity contribution in [3.05, 3.63) is 36.3 Å². The fourth-order valence-electron chi connectivity index (χ4n) is 3.40. The van der Waals surface area contributed by atoms with E-state index in [0.29, 0.717) is 17.0 Å². The maximum atomic E-state index is 13.0. The van der Waals surface area contributed by atoms with Gasteiger partial charge in [0, 0.05) is 25.2 Å². The maximum Gasteiger partial charge on any atom is 0.230 e. The van der Waals surface area contributed by atoms with Gasteiger partial charge in [-0.15, -0.1) is 0 Å². The van der Waals surface area contributed by atoms with E-state index in [2.05, 4.69) is 20.2 Å². The molecule has 1 aromatic heterocycles. The molecule has 4 rings (SSSR count). The van der Waals surface area contributed by atoms with Crippen molar-refractivity contribution in [3.8, 4) is 11.3 Å². The van der Waals surface area contributed by atoms with E-state index in [9.17, 15) is 9.18 Å². The Morgan fingerprint density at radius 1 is 1.23 bits per heavy atom. The number of hydrogen-bond donors (Lipinski definition) is 2. The smallest absolute Gasteiger partial charge is 0.230 e. The van der Waals surface area contributed by atoms with E-state index in [0.717, 1.165) is 43.2 Å². The van der Waals surface area contributed by atoms with Gasteiger partial charge in [0.05, 0.1) is 17.6 Å². The molecular weight excluding hydrogens is 351 g/mol. The van der Waals surface area contributed by atoms with Gasteiger partial charge in [-0.05, 0) is 55.5 Å². The molecule has 26 heavy (non-hydrogen) atoms. The number of hydrogen-bond acceptors (Lipinski definition) is 4. The zero-order valence-corrected chi connectivity index (χ0v) is 15.4. The number of imidazole rings is 1. The number of likely N-dealkylation sites (tertiary alicyclic amines) is 1. The third-order valence-corrected chi connectivity index (χ3v) is 5.89. The Kier molecular flexibility index (Phi) is 5.26. The van der Waals surface area contributed by atoms with Crippen molar-refractivity contribution >= 4 is 17.7 Å². The van der Waals surface area contributed by atoms with Gasteiger partial charge in [0.2, 0.25) is 5.91 Å². The molecule has 0 atom stereocenters. The minimum Gasteiger partial charge on any atom is -0.353 e. The van der Waals surface area contributed by atoms with Crippen molar-refractivity contribution in [2.45, 2.75) is 42.9 Å². The van der Waals surface area contributed by atoms with Crippen LogP contribution in [0, 0.1) is 5.82 Å². The van der Waals surface area contributed by atoms with E-state index < -0.39 is 0 Å². The van der Waals surface area contributed by atoms with Crippen molar-refractivity contribution in [2.24, 2.45) is 0 Å². The topological polar surface area (TPSA) is 61.0 Å². The van der Waals surface area contributed by atoms with Gasteiger partial charge in [-0.3, -0.25) is 4.79 Å². The van der Waals surface area contributed by atoms with Crippen molar-refractivity contribution in [3.63, 3.8) is 0 Å². The summed E-state index contributed by atoms with van der Waals surface area (Å²) in [5.41, 5.74) is 1.69.